The molecule has 5 nitrogen and oxygen atoms in total. The molecule has 1 aromatic heterocycles. The fraction of sp³-hybridized carbons (Fsp3) is 0.250. The highest BCUT2D eigenvalue weighted by Crippen LogP contribution is 2.06. The first-order valence-corrected chi connectivity index (χ1v) is 5.43. The minimum Gasteiger partial charge on any atom is -0.312 e. The van der Waals surface area contributed by atoms with Gasteiger partial charge in [0.25, 0.3) is 0 Å². The van der Waals surface area contributed by atoms with Crippen molar-refractivity contribution in [3.63, 3.8) is 0 Å². The number of aromatic nitrogens is 3. The molecule has 1 aromatic carbocycles. The first-order chi connectivity index (χ1) is 8.40. The summed E-state index contributed by atoms with van der Waals surface area (Å²) in [5.74, 6) is 0.867. The second kappa shape index (κ2) is 5.77. The fourth-order valence-corrected chi connectivity index (χ4v) is 1.56. The maximum absolute atomic E-state index is 8.92. The van der Waals surface area contributed by atoms with E-state index in [0.717, 1.165) is 29.9 Å². The van der Waals surface area contributed by atoms with E-state index in [1.165, 1.54) is 6.33 Å². The third-order valence-electron chi connectivity index (χ3n) is 2.46. The quantitative estimate of drug-likeness (QED) is 0.747. The minimum atomic E-state index is 0.692. The van der Waals surface area contributed by atoms with Crippen molar-refractivity contribution in [3.8, 4) is 6.07 Å². The third-order valence-corrected chi connectivity index (χ3v) is 2.46. The second-order valence-electron chi connectivity index (χ2n) is 3.63. The van der Waals surface area contributed by atoms with Crippen molar-refractivity contribution in [2.24, 2.45) is 0 Å². The van der Waals surface area contributed by atoms with E-state index in [4.69, 9.17) is 5.26 Å². The lowest BCUT2D eigenvalue weighted by atomic mass is 10.1. The number of nitrogens with one attached hydrogen (secondary N) is 2. The Morgan fingerprint density at radius 3 is 3.00 bits per heavy atom. The maximum Gasteiger partial charge on any atom is 0.137 e. The molecular weight excluding hydrogens is 214 g/mol. The first-order valence-electron chi connectivity index (χ1n) is 5.43. The molecule has 0 saturated heterocycles. The number of hydrogen-bond acceptors (Lipinski definition) is 4. The zero-order chi connectivity index (χ0) is 11.9. The van der Waals surface area contributed by atoms with Crippen LogP contribution in [0.4, 0.5) is 0 Å². The maximum atomic E-state index is 8.92. The molecule has 0 fully saturated rings. The smallest absolute Gasteiger partial charge is 0.137 e. The highest BCUT2D eigenvalue weighted by atomic mass is 15.2. The first kappa shape index (κ1) is 11.3. The molecule has 0 amide bonds. The summed E-state index contributed by atoms with van der Waals surface area (Å²) in [6.07, 6.45) is 2.30. The molecule has 0 aliphatic rings. The van der Waals surface area contributed by atoms with Gasteiger partial charge < -0.3 is 5.32 Å². The van der Waals surface area contributed by atoms with Crippen LogP contribution in [-0.2, 0) is 13.0 Å². The van der Waals surface area contributed by atoms with E-state index >= 15 is 0 Å². The normalized spacial score (nSPS) is 10.1. The van der Waals surface area contributed by atoms with Gasteiger partial charge in [0.1, 0.15) is 12.2 Å². The van der Waals surface area contributed by atoms with E-state index in [9.17, 15) is 0 Å². The van der Waals surface area contributed by atoms with Gasteiger partial charge in [-0.1, -0.05) is 18.2 Å². The van der Waals surface area contributed by atoms with Gasteiger partial charge >= 0.3 is 0 Å². The molecule has 0 spiro atoms. The van der Waals surface area contributed by atoms with E-state index < -0.39 is 0 Å². The highest BCUT2D eigenvalue weighted by molar-refractivity contribution is 5.37. The van der Waals surface area contributed by atoms with Gasteiger partial charge in [-0.2, -0.15) is 10.4 Å². The molecular formula is C12H13N5. The predicted octanol–water partition coefficient (Wildman–Crippen LogP) is 1.01. The Morgan fingerprint density at radius 1 is 1.35 bits per heavy atom. The van der Waals surface area contributed by atoms with Crippen molar-refractivity contribution < 1.29 is 0 Å². The number of nitriles is 1. The largest absolute Gasteiger partial charge is 0.312 e. The number of hydrogen-bond donors (Lipinski definition) is 2. The van der Waals surface area contributed by atoms with Gasteiger partial charge in [0, 0.05) is 19.5 Å². The summed E-state index contributed by atoms with van der Waals surface area (Å²) in [5.41, 5.74) is 1.74. The van der Waals surface area contributed by atoms with Gasteiger partial charge in [-0.25, -0.2) is 4.98 Å². The van der Waals surface area contributed by atoms with Gasteiger partial charge in [0.2, 0.25) is 0 Å². The summed E-state index contributed by atoms with van der Waals surface area (Å²) >= 11 is 0. The Labute approximate surface area is 99.5 Å². The van der Waals surface area contributed by atoms with Crippen molar-refractivity contribution in [2.75, 3.05) is 6.54 Å². The van der Waals surface area contributed by atoms with Crippen LogP contribution in [0.5, 0.6) is 0 Å². The van der Waals surface area contributed by atoms with Crippen LogP contribution in [0.3, 0.4) is 0 Å². The molecule has 2 rings (SSSR count). The molecule has 0 unspecified atom stereocenters. The topological polar surface area (TPSA) is 77.4 Å². The molecule has 2 aromatic rings. The summed E-state index contributed by atoms with van der Waals surface area (Å²) in [4.78, 5) is 4.04. The Hall–Kier alpha value is -2.19. The zero-order valence-electron chi connectivity index (χ0n) is 9.35. The lowest BCUT2D eigenvalue weighted by Gasteiger charge is -2.05. The Balaban J connectivity index is 1.80. The number of rotatable bonds is 5. The number of aromatic amines is 1. The predicted molar refractivity (Wildman–Crippen MR) is 63.0 cm³/mol. The molecule has 0 radical (unpaired) electrons. The second-order valence-corrected chi connectivity index (χ2v) is 3.63. The molecule has 17 heavy (non-hydrogen) atoms. The monoisotopic (exact) mass is 227 g/mol. The van der Waals surface area contributed by atoms with Crippen molar-refractivity contribution >= 4 is 0 Å². The average Bonchev–Trinajstić information content (AvgIpc) is 2.88. The number of benzene rings is 1. The van der Waals surface area contributed by atoms with E-state index in [1.807, 2.05) is 24.3 Å². The molecule has 5 heteroatoms. The van der Waals surface area contributed by atoms with Crippen LogP contribution in [0.1, 0.15) is 17.0 Å². The van der Waals surface area contributed by atoms with Crippen LogP contribution in [-0.4, -0.2) is 21.7 Å². The number of H-pyrrole nitrogens is 1. The van der Waals surface area contributed by atoms with Crippen LogP contribution in [0, 0.1) is 11.3 Å². The van der Waals surface area contributed by atoms with Gasteiger partial charge in [-0.05, 0) is 11.6 Å². The van der Waals surface area contributed by atoms with Crippen LogP contribution in [0.25, 0.3) is 0 Å². The Morgan fingerprint density at radius 2 is 2.24 bits per heavy atom. The molecule has 0 bridgehead atoms. The minimum absolute atomic E-state index is 0.692. The third kappa shape index (κ3) is 3.13. The van der Waals surface area contributed by atoms with Crippen LogP contribution in [0.2, 0.25) is 0 Å². The van der Waals surface area contributed by atoms with E-state index in [2.05, 4.69) is 26.6 Å². The summed E-state index contributed by atoms with van der Waals surface area (Å²) in [5, 5.41) is 18.8. The highest BCUT2D eigenvalue weighted by Gasteiger charge is 2.00. The molecule has 2 N–H and O–H groups in total. The summed E-state index contributed by atoms with van der Waals surface area (Å²) in [6.45, 7) is 1.49. The van der Waals surface area contributed by atoms with Crippen LogP contribution < -0.4 is 5.32 Å². The number of nitrogens with zero attached hydrogens (tertiary/aromatic N) is 3. The van der Waals surface area contributed by atoms with Crippen molar-refractivity contribution in [2.45, 2.75) is 13.0 Å². The summed E-state index contributed by atoms with van der Waals surface area (Å²) in [7, 11) is 0. The van der Waals surface area contributed by atoms with Crippen molar-refractivity contribution in [1.82, 2.24) is 20.5 Å². The molecule has 0 aliphatic carbocycles. The lowest BCUT2D eigenvalue weighted by Crippen LogP contribution is -2.17. The van der Waals surface area contributed by atoms with Crippen molar-refractivity contribution in [3.05, 3.63) is 47.5 Å². The van der Waals surface area contributed by atoms with Gasteiger partial charge in [-0.3, -0.25) is 5.10 Å². The molecule has 86 valence electrons. The Kier molecular flexibility index (Phi) is 3.84. The van der Waals surface area contributed by atoms with E-state index in [-0.39, 0.29) is 0 Å². The van der Waals surface area contributed by atoms with Gasteiger partial charge in [0.05, 0.1) is 11.6 Å². The molecule has 0 aliphatic heterocycles. The van der Waals surface area contributed by atoms with E-state index in [1.54, 1.807) is 0 Å². The standard InChI is InChI=1S/C12H13N5/c13-7-10-3-1-2-4-11(10)8-14-6-5-12-15-9-16-17-12/h1-4,9,14H,5-6,8H2,(H,15,16,17). The SMILES string of the molecule is N#Cc1ccccc1CNCCc1ncn[nH]1. The van der Waals surface area contributed by atoms with Crippen molar-refractivity contribution in [1.29, 1.82) is 5.26 Å². The van der Waals surface area contributed by atoms with E-state index in [0.29, 0.717) is 6.54 Å². The Bertz CT molecular complexity index is 498. The fourth-order valence-electron chi connectivity index (χ4n) is 1.56. The zero-order valence-corrected chi connectivity index (χ0v) is 9.35. The molecule has 0 saturated carbocycles. The van der Waals surface area contributed by atoms with Gasteiger partial charge in [0.15, 0.2) is 0 Å². The molecule has 1 heterocycles. The molecule has 0 atom stereocenters. The van der Waals surface area contributed by atoms with Crippen LogP contribution >= 0.6 is 0 Å². The lowest BCUT2D eigenvalue weighted by molar-refractivity contribution is 0.671. The summed E-state index contributed by atoms with van der Waals surface area (Å²) in [6, 6.07) is 9.78. The van der Waals surface area contributed by atoms with Crippen LogP contribution in [0.15, 0.2) is 30.6 Å². The summed E-state index contributed by atoms with van der Waals surface area (Å²) < 4.78 is 0. The van der Waals surface area contributed by atoms with Gasteiger partial charge in [-0.15, -0.1) is 0 Å². The average molecular weight is 227 g/mol.